The van der Waals surface area contributed by atoms with Crippen LogP contribution in [-0.2, 0) is 11.0 Å². The molecule has 1 aliphatic carbocycles. The first kappa shape index (κ1) is 16.6. The quantitative estimate of drug-likeness (QED) is 0.869. The monoisotopic (exact) mass is 334 g/mol. The van der Waals surface area contributed by atoms with Crippen LogP contribution in [0.3, 0.4) is 0 Å². The van der Waals surface area contributed by atoms with Gasteiger partial charge in [0.2, 0.25) is 5.91 Å². The van der Waals surface area contributed by atoms with Crippen molar-refractivity contribution in [2.75, 3.05) is 13.1 Å². The highest BCUT2D eigenvalue weighted by atomic mass is 35.5. The molecule has 120 valence electrons. The van der Waals surface area contributed by atoms with Gasteiger partial charge in [-0.3, -0.25) is 9.59 Å². The molecule has 4 nitrogen and oxygen atoms in total. The molecule has 1 aliphatic rings. The fraction of sp³-hybridized carbons (Fsp3) is 0.429. The summed E-state index contributed by atoms with van der Waals surface area (Å²) >= 11 is 5.60. The van der Waals surface area contributed by atoms with Crippen molar-refractivity contribution in [2.45, 2.75) is 19.0 Å². The minimum atomic E-state index is -4.60. The van der Waals surface area contributed by atoms with Crippen molar-refractivity contribution >= 4 is 23.4 Å². The van der Waals surface area contributed by atoms with Crippen LogP contribution >= 0.6 is 11.6 Å². The summed E-state index contributed by atoms with van der Waals surface area (Å²) in [4.78, 5) is 23.3. The number of nitrogens with one attached hydrogen (secondary N) is 2. The molecule has 0 saturated heterocycles. The van der Waals surface area contributed by atoms with E-state index in [2.05, 4.69) is 10.6 Å². The van der Waals surface area contributed by atoms with Crippen LogP contribution in [0.25, 0.3) is 0 Å². The SMILES string of the molecule is O=C(CNC(=O)c1cc(Cl)cc(C(F)(F)F)c1)NCC1CC1. The second kappa shape index (κ2) is 6.56. The van der Waals surface area contributed by atoms with Crippen molar-refractivity contribution in [1.29, 1.82) is 0 Å². The van der Waals surface area contributed by atoms with Gasteiger partial charge < -0.3 is 10.6 Å². The van der Waals surface area contributed by atoms with Gasteiger partial charge in [-0.05, 0) is 37.0 Å². The lowest BCUT2D eigenvalue weighted by Crippen LogP contribution is -2.37. The van der Waals surface area contributed by atoms with Gasteiger partial charge in [-0.25, -0.2) is 0 Å². The van der Waals surface area contributed by atoms with Crippen LogP contribution in [0.15, 0.2) is 18.2 Å². The number of halogens is 4. The molecule has 0 aliphatic heterocycles. The largest absolute Gasteiger partial charge is 0.416 e. The smallest absolute Gasteiger partial charge is 0.354 e. The summed E-state index contributed by atoms with van der Waals surface area (Å²) in [6.07, 6.45) is -2.44. The summed E-state index contributed by atoms with van der Waals surface area (Å²) in [5.41, 5.74) is -1.25. The lowest BCUT2D eigenvalue weighted by atomic mass is 10.1. The Morgan fingerprint density at radius 1 is 1.18 bits per heavy atom. The molecule has 2 N–H and O–H groups in total. The van der Waals surface area contributed by atoms with E-state index in [1.807, 2.05) is 0 Å². The summed E-state index contributed by atoms with van der Waals surface area (Å²) in [6, 6.07) is 2.55. The van der Waals surface area contributed by atoms with E-state index < -0.39 is 17.6 Å². The summed E-state index contributed by atoms with van der Waals surface area (Å²) in [7, 11) is 0. The molecule has 0 bridgehead atoms. The lowest BCUT2D eigenvalue weighted by Gasteiger charge is -2.10. The summed E-state index contributed by atoms with van der Waals surface area (Å²) in [6.45, 7) is 0.267. The third-order valence-corrected chi connectivity index (χ3v) is 3.40. The van der Waals surface area contributed by atoms with E-state index in [0.29, 0.717) is 18.5 Å². The molecule has 0 spiro atoms. The average molecular weight is 335 g/mol. The predicted octanol–water partition coefficient (Wildman–Crippen LogP) is 2.61. The van der Waals surface area contributed by atoms with Crippen LogP contribution in [0.1, 0.15) is 28.8 Å². The summed E-state index contributed by atoms with van der Waals surface area (Å²) < 4.78 is 38.0. The van der Waals surface area contributed by atoms with E-state index in [9.17, 15) is 22.8 Å². The zero-order valence-electron chi connectivity index (χ0n) is 11.5. The average Bonchev–Trinajstić information content (AvgIpc) is 3.25. The molecule has 1 fully saturated rings. The number of carbonyl (C=O) groups excluding carboxylic acids is 2. The van der Waals surface area contributed by atoms with Gasteiger partial charge in [0.1, 0.15) is 0 Å². The van der Waals surface area contributed by atoms with E-state index in [-0.39, 0.29) is 23.0 Å². The van der Waals surface area contributed by atoms with E-state index in [1.54, 1.807) is 0 Å². The molecular formula is C14H14ClF3N2O2. The van der Waals surface area contributed by atoms with Gasteiger partial charge in [-0.15, -0.1) is 0 Å². The minimum absolute atomic E-state index is 0.196. The molecule has 2 amide bonds. The molecule has 2 rings (SSSR count). The topological polar surface area (TPSA) is 58.2 Å². The van der Waals surface area contributed by atoms with Crippen LogP contribution in [0.2, 0.25) is 5.02 Å². The number of hydrogen-bond donors (Lipinski definition) is 2. The van der Waals surface area contributed by atoms with Crippen molar-refractivity contribution in [2.24, 2.45) is 5.92 Å². The highest BCUT2D eigenvalue weighted by Crippen LogP contribution is 2.31. The molecule has 8 heteroatoms. The number of amides is 2. The van der Waals surface area contributed by atoms with Gasteiger partial charge in [-0.2, -0.15) is 13.2 Å². The molecule has 1 saturated carbocycles. The minimum Gasteiger partial charge on any atom is -0.354 e. The Bertz CT molecular complexity index is 586. The Morgan fingerprint density at radius 2 is 1.86 bits per heavy atom. The Labute approximate surface area is 130 Å². The third-order valence-electron chi connectivity index (χ3n) is 3.18. The maximum Gasteiger partial charge on any atom is 0.416 e. The van der Waals surface area contributed by atoms with E-state index in [4.69, 9.17) is 11.6 Å². The van der Waals surface area contributed by atoms with Crippen molar-refractivity contribution in [3.8, 4) is 0 Å². The first-order valence-electron chi connectivity index (χ1n) is 6.68. The highest BCUT2D eigenvalue weighted by Gasteiger charge is 2.31. The van der Waals surface area contributed by atoms with Gasteiger partial charge in [0.25, 0.3) is 5.91 Å². The van der Waals surface area contributed by atoms with Gasteiger partial charge in [-0.1, -0.05) is 11.6 Å². The first-order valence-corrected chi connectivity index (χ1v) is 7.06. The fourth-order valence-corrected chi connectivity index (χ4v) is 2.02. The lowest BCUT2D eigenvalue weighted by molar-refractivity contribution is -0.137. The summed E-state index contributed by atoms with van der Waals surface area (Å²) in [5, 5.41) is 4.71. The Morgan fingerprint density at radius 3 is 2.45 bits per heavy atom. The number of hydrogen-bond acceptors (Lipinski definition) is 2. The second-order valence-electron chi connectivity index (χ2n) is 5.16. The summed E-state index contributed by atoms with van der Waals surface area (Å²) in [5.74, 6) is -0.658. The van der Waals surface area contributed by atoms with Gasteiger partial charge >= 0.3 is 6.18 Å². The fourth-order valence-electron chi connectivity index (χ4n) is 1.79. The maximum absolute atomic E-state index is 12.7. The zero-order valence-corrected chi connectivity index (χ0v) is 12.2. The molecule has 0 heterocycles. The first-order chi connectivity index (χ1) is 10.3. The number of carbonyl (C=O) groups is 2. The Hall–Kier alpha value is -1.76. The molecule has 0 atom stereocenters. The van der Waals surface area contributed by atoms with Gasteiger partial charge in [0, 0.05) is 17.1 Å². The number of rotatable bonds is 5. The second-order valence-corrected chi connectivity index (χ2v) is 5.59. The highest BCUT2D eigenvalue weighted by molar-refractivity contribution is 6.31. The van der Waals surface area contributed by atoms with Gasteiger partial charge in [0.15, 0.2) is 0 Å². The van der Waals surface area contributed by atoms with Crippen molar-refractivity contribution in [1.82, 2.24) is 10.6 Å². The van der Waals surface area contributed by atoms with Crippen LogP contribution in [-0.4, -0.2) is 24.9 Å². The van der Waals surface area contributed by atoms with Crippen LogP contribution in [0.5, 0.6) is 0 Å². The van der Waals surface area contributed by atoms with E-state index in [0.717, 1.165) is 25.0 Å². The maximum atomic E-state index is 12.7. The van der Waals surface area contributed by atoms with Crippen molar-refractivity contribution < 1.29 is 22.8 Å². The van der Waals surface area contributed by atoms with Crippen LogP contribution < -0.4 is 10.6 Å². The molecule has 0 aromatic heterocycles. The normalized spacial score (nSPS) is 14.5. The van der Waals surface area contributed by atoms with Crippen molar-refractivity contribution in [3.63, 3.8) is 0 Å². The van der Waals surface area contributed by atoms with Crippen LogP contribution in [0.4, 0.5) is 13.2 Å². The standard InChI is InChI=1S/C14H14ClF3N2O2/c15-11-4-9(3-10(5-11)14(16,17)18)13(22)20-7-12(21)19-6-8-1-2-8/h3-5,8H,1-2,6-7H2,(H,19,21)(H,20,22). The third kappa shape index (κ3) is 4.91. The predicted molar refractivity (Wildman–Crippen MR) is 74.5 cm³/mol. The Kier molecular flexibility index (Phi) is 4.95. The Balaban J connectivity index is 1.93. The molecule has 0 radical (unpaired) electrons. The van der Waals surface area contributed by atoms with Crippen LogP contribution in [0, 0.1) is 5.92 Å². The molecule has 22 heavy (non-hydrogen) atoms. The van der Waals surface area contributed by atoms with E-state index in [1.165, 1.54) is 0 Å². The van der Waals surface area contributed by atoms with Gasteiger partial charge in [0.05, 0.1) is 12.1 Å². The molecule has 0 unspecified atom stereocenters. The molecule has 1 aromatic carbocycles. The number of benzene rings is 1. The van der Waals surface area contributed by atoms with Crippen molar-refractivity contribution in [3.05, 3.63) is 34.3 Å². The zero-order chi connectivity index (χ0) is 16.3. The number of alkyl halides is 3. The molecule has 1 aromatic rings. The van der Waals surface area contributed by atoms with E-state index >= 15 is 0 Å². The molecular weight excluding hydrogens is 321 g/mol.